The van der Waals surface area contributed by atoms with Gasteiger partial charge < -0.3 is 9.84 Å². The highest BCUT2D eigenvalue weighted by Gasteiger charge is 2.24. The number of anilines is 1. The highest BCUT2D eigenvalue weighted by Crippen LogP contribution is 2.14. The molecular weight excluding hydrogens is 262 g/mol. The van der Waals surface area contributed by atoms with Gasteiger partial charge in [0, 0.05) is 25.4 Å². The van der Waals surface area contributed by atoms with Crippen LogP contribution in [0.3, 0.4) is 0 Å². The minimum absolute atomic E-state index is 0.0356. The summed E-state index contributed by atoms with van der Waals surface area (Å²) >= 11 is 0. The van der Waals surface area contributed by atoms with Crippen molar-refractivity contribution in [3.63, 3.8) is 0 Å². The van der Waals surface area contributed by atoms with Crippen LogP contribution in [0, 0.1) is 0 Å². The lowest BCUT2D eigenvalue weighted by atomic mass is 10.2. The molecule has 0 aromatic carbocycles. The van der Waals surface area contributed by atoms with E-state index in [1.165, 1.54) is 17.3 Å². The van der Waals surface area contributed by atoms with Gasteiger partial charge in [-0.1, -0.05) is 0 Å². The SMILES string of the molecule is CC(C)(C)OC(=O)N(CCCC(=O)O)c1ncccn1. The Balaban J connectivity index is 2.79. The number of hydrogen-bond acceptors (Lipinski definition) is 5. The van der Waals surface area contributed by atoms with Gasteiger partial charge in [-0.3, -0.25) is 4.79 Å². The Labute approximate surface area is 117 Å². The van der Waals surface area contributed by atoms with Gasteiger partial charge in [-0.25, -0.2) is 19.7 Å². The molecule has 0 bridgehead atoms. The van der Waals surface area contributed by atoms with Crippen LogP contribution in [0.25, 0.3) is 0 Å². The average Bonchev–Trinajstić information content (AvgIpc) is 2.33. The van der Waals surface area contributed by atoms with Gasteiger partial charge in [-0.15, -0.1) is 0 Å². The van der Waals surface area contributed by atoms with Crippen LogP contribution >= 0.6 is 0 Å². The summed E-state index contributed by atoms with van der Waals surface area (Å²) < 4.78 is 5.27. The Bertz CT molecular complexity index is 456. The summed E-state index contributed by atoms with van der Waals surface area (Å²) in [6, 6.07) is 1.63. The third-order valence-corrected chi connectivity index (χ3v) is 2.18. The van der Waals surface area contributed by atoms with Gasteiger partial charge in [0.1, 0.15) is 5.60 Å². The van der Waals surface area contributed by atoms with E-state index < -0.39 is 17.7 Å². The van der Waals surface area contributed by atoms with E-state index in [2.05, 4.69) is 9.97 Å². The second-order valence-corrected chi connectivity index (χ2v) is 5.18. The molecule has 0 fully saturated rings. The van der Waals surface area contributed by atoms with Crippen molar-refractivity contribution in [1.29, 1.82) is 0 Å². The zero-order chi connectivity index (χ0) is 15.2. The van der Waals surface area contributed by atoms with Crippen LogP contribution in [0.5, 0.6) is 0 Å². The molecule has 0 atom stereocenters. The molecule has 1 N–H and O–H groups in total. The number of amides is 1. The molecule has 0 spiro atoms. The Morgan fingerprint density at radius 1 is 1.30 bits per heavy atom. The molecule has 0 saturated heterocycles. The first kappa shape index (κ1) is 15.9. The van der Waals surface area contributed by atoms with E-state index in [4.69, 9.17) is 9.84 Å². The number of carboxylic acid groups (broad SMARTS) is 1. The number of nitrogens with zero attached hydrogens (tertiary/aromatic N) is 3. The summed E-state index contributed by atoms with van der Waals surface area (Å²) in [4.78, 5) is 31.9. The van der Waals surface area contributed by atoms with E-state index in [1.807, 2.05) is 0 Å². The number of carboxylic acids is 1. The number of ether oxygens (including phenoxy) is 1. The van der Waals surface area contributed by atoms with Crippen LogP contribution in [-0.4, -0.2) is 39.3 Å². The lowest BCUT2D eigenvalue weighted by Crippen LogP contribution is -2.38. The summed E-state index contributed by atoms with van der Waals surface area (Å²) in [7, 11) is 0. The maximum atomic E-state index is 12.1. The van der Waals surface area contributed by atoms with E-state index in [0.717, 1.165) is 0 Å². The Morgan fingerprint density at radius 2 is 1.90 bits per heavy atom. The molecule has 1 amide bonds. The number of carbonyl (C=O) groups is 2. The molecule has 20 heavy (non-hydrogen) atoms. The third-order valence-electron chi connectivity index (χ3n) is 2.18. The van der Waals surface area contributed by atoms with E-state index in [-0.39, 0.29) is 18.9 Å². The first-order chi connectivity index (χ1) is 9.29. The molecule has 110 valence electrons. The highest BCUT2D eigenvalue weighted by atomic mass is 16.6. The molecule has 1 heterocycles. The van der Waals surface area contributed by atoms with Crippen molar-refractivity contribution < 1.29 is 19.4 Å². The normalized spacial score (nSPS) is 10.9. The molecule has 7 heteroatoms. The van der Waals surface area contributed by atoms with Crippen molar-refractivity contribution in [2.45, 2.75) is 39.2 Å². The zero-order valence-electron chi connectivity index (χ0n) is 11.9. The van der Waals surface area contributed by atoms with Gasteiger partial charge in [-0.05, 0) is 33.3 Å². The fourth-order valence-corrected chi connectivity index (χ4v) is 1.41. The molecule has 0 aliphatic carbocycles. The molecule has 1 rings (SSSR count). The van der Waals surface area contributed by atoms with E-state index >= 15 is 0 Å². The fraction of sp³-hybridized carbons (Fsp3) is 0.538. The van der Waals surface area contributed by atoms with Crippen molar-refractivity contribution in [3.8, 4) is 0 Å². The number of aliphatic carboxylic acids is 1. The Morgan fingerprint density at radius 3 is 2.40 bits per heavy atom. The van der Waals surface area contributed by atoms with Crippen LogP contribution in [0.4, 0.5) is 10.7 Å². The lowest BCUT2D eigenvalue weighted by molar-refractivity contribution is -0.137. The molecule has 0 aliphatic heterocycles. The maximum Gasteiger partial charge on any atom is 0.417 e. The van der Waals surface area contributed by atoms with Gasteiger partial charge >= 0.3 is 12.1 Å². The van der Waals surface area contributed by atoms with E-state index in [0.29, 0.717) is 6.42 Å². The van der Waals surface area contributed by atoms with Crippen molar-refractivity contribution in [1.82, 2.24) is 9.97 Å². The van der Waals surface area contributed by atoms with Crippen molar-refractivity contribution in [2.24, 2.45) is 0 Å². The predicted molar refractivity (Wildman–Crippen MR) is 72.5 cm³/mol. The first-order valence-corrected chi connectivity index (χ1v) is 6.29. The predicted octanol–water partition coefficient (Wildman–Crippen LogP) is 2.08. The number of rotatable bonds is 5. The summed E-state index contributed by atoms with van der Waals surface area (Å²) in [5, 5.41) is 8.66. The second-order valence-electron chi connectivity index (χ2n) is 5.18. The molecule has 0 saturated carbocycles. The molecule has 0 unspecified atom stereocenters. The number of hydrogen-bond donors (Lipinski definition) is 1. The minimum Gasteiger partial charge on any atom is -0.481 e. The van der Waals surface area contributed by atoms with Gasteiger partial charge in [0.2, 0.25) is 5.95 Å². The molecule has 0 radical (unpaired) electrons. The lowest BCUT2D eigenvalue weighted by Gasteiger charge is -2.25. The van der Waals surface area contributed by atoms with Crippen molar-refractivity contribution in [2.75, 3.05) is 11.4 Å². The summed E-state index contributed by atoms with van der Waals surface area (Å²) in [5.41, 5.74) is -0.642. The monoisotopic (exact) mass is 281 g/mol. The van der Waals surface area contributed by atoms with Gasteiger partial charge in [0.25, 0.3) is 0 Å². The van der Waals surface area contributed by atoms with Crippen LogP contribution in [0.15, 0.2) is 18.5 Å². The van der Waals surface area contributed by atoms with Crippen LogP contribution in [-0.2, 0) is 9.53 Å². The van der Waals surface area contributed by atoms with Crippen LogP contribution in [0.2, 0.25) is 0 Å². The number of aromatic nitrogens is 2. The zero-order valence-corrected chi connectivity index (χ0v) is 11.9. The van der Waals surface area contributed by atoms with E-state index in [9.17, 15) is 9.59 Å². The van der Waals surface area contributed by atoms with Crippen LogP contribution in [0.1, 0.15) is 33.6 Å². The minimum atomic E-state index is -0.914. The summed E-state index contributed by atoms with van der Waals surface area (Å²) in [6.07, 6.45) is 2.70. The quantitative estimate of drug-likeness (QED) is 0.888. The van der Waals surface area contributed by atoms with E-state index in [1.54, 1.807) is 26.8 Å². The van der Waals surface area contributed by atoms with Crippen molar-refractivity contribution in [3.05, 3.63) is 18.5 Å². The standard InChI is InChI=1S/C13H19N3O4/c1-13(2,3)20-12(19)16(9-4-6-10(17)18)11-14-7-5-8-15-11/h5,7-8H,4,6,9H2,1-3H3,(H,17,18). The molecular formula is C13H19N3O4. The average molecular weight is 281 g/mol. The molecule has 1 aromatic heterocycles. The summed E-state index contributed by atoms with van der Waals surface area (Å²) in [5.74, 6) is -0.713. The Kier molecular flexibility index (Phi) is 5.42. The van der Waals surface area contributed by atoms with Gasteiger partial charge in [0.15, 0.2) is 0 Å². The topological polar surface area (TPSA) is 92.6 Å². The maximum absolute atomic E-state index is 12.1. The van der Waals surface area contributed by atoms with Gasteiger partial charge in [0.05, 0.1) is 0 Å². The number of carbonyl (C=O) groups excluding carboxylic acids is 1. The Hall–Kier alpha value is -2.18. The second kappa shape index (κ2) is 6.83. The molecule has 1 aromatic rings. The van der Waals surface area contributed by atoms with Gasteiger partial charge in [-0.2, -0.15) is 0 Å². The fourth-order valence-electron chi connectivity index (χ4n) is 1.41. The summed E-state index contributed by atoms with van der Waals surface area (Å²) in [6.45, 7) is 5.45. The highest BCUT2D eigenvalue weighted by molar-refractivity contribution is 5.85. The third kappa shape index (κ3) is 5.64. The first-order valence-electron chi connectivity index (χ1n) is 6.29. The molecule has 7 nitrogen and oxygen atoms in total. The molecule has 0 aliphatic rings. The smallest absolute Gasteiger partial charge is 0.417 e. The van der Waals surface area contributed by atoms with Crippen molar-refractivity contribution >= 4 is 18.0 Å². The van der Waals surface area contributed by atoms with Crippen LogP contribution < -0.4 is 4.90 Å². The largest absolute Gasteiger partial charge is 0.481 e.